The van der Waals surface area contributed by atoms with E-state index >= 15 is 0 Å². The minimum absolute atomic E-state index is 0.133. The van der Waals surface area contributed by atoms with E-state index in [0.29, 0.717) is 50.1 Å². The number of hydrogen-bond acceptors (Lipinski definition) is 4. The third kappa shape index (κ3) is 6.10. The molecule has 0 bridgehead atoms. The van der Waals surface area contributed by atoms with Crippen molar-refractivity contribution >= 4 is 11.8 Å². The summed E-state index contributed by atoms with van der Waals surface area (Å²) < 4.78 is 40.6. The normalized spacial score (nSPS) is 23.4. The Bertz CT molecular complexity index is 736. The molecule has 1 aromatic rings. The van der Waals surface area contributed by atoms with Crippen molar-refractivity contribution in [3.05, 3.63) is 29.8 Å². The van der Waals surface area contributed by atoms with Crippen LogP contribution in [-0.2, 0) is 4.79 Å². The van der Waals surface area contributed by atoms with Gasteiger partial charge in [-0.2, -0.15) is 0 Å². The average Bonchev–Trinajstić information content (AvgIpc) is 2.66. The number of likely N-dealkylation sites (tertiary alicyclic amines) is 1. The summed E-state index contributed by atoms with van der Waals surface area (Å²) in [5.74, 6) is 0.565. The highest BCUT2D eigenvalue weighted by atomic mass is 19.4. The number of piperidine rings is 1. The van der Waals surface area contributed by atoms with Crippen molar-refractivity contribution in [3.63, 3.8) is 0 Å². The number of hydrogen-bond donors (Lipinski definition) is 0. The van der Waals surface area contributed by atoms with Crippen LogP contribution < -0.4 is 4.74 Å². The Morgan fingerprint density at radius 2 is 1.53 bits per heavy atom. The molecule has 166 valence electrons. The molecular formula is C21H28F3N3O3. The fourth-order valence-corrected chi connectivity index (χ4v) is 4.25. The largest absolute Gasteiger partial charge is 0.573 e. The Kier molecular flexibility index (Phi) is 6.90. The molecule has 30 heavy (non-hydrogen) atoms. The Morgan fingerprint density at radius 1 is 0.967 bits per heavy atom. The van der Waals surface area contributed by atoms with Crippen molar-refractivity contribution in [2.45, 2.75) is 26.6 Å². The molecule has 2 fully saturated rings. The SMILES string of the molecule is CC1CC(C)CN(C(=O)CN2CCN(C(=O)c3ccc(OC(F)(F)F)cc3)CC2)C1. The number of rotatable bonds is 4. The first-order valence-electron chi connectivity index (χ1n) is 10.3. The van der Waals surface area contributed by atoms with Gasteiger partial charge in [-0.1, -0.05) is 13.8 Å². The average molecular weight is 427 g/mol. The number of benzene rings is 1. The van der Waals surface area contributed by atoms with E-state index in [1.807, 2.05) is 4.90 Å². The fraction of sp³-hybridized carbons (Fsp3) is 0.619. The van der Waals surface area contributed by atoms with E-state index in [1.54, 1.807) is 4.90 Å². The van der Waals surface area contributed by atoms with E-state index in [4.69, 9.17) is 0 Å². The quantitative estimate of drug-likeness (QED) is 0.742. The van der Waals surface area contributed by atoms with E-state index in [0.717, 1.165) is 31.6 Å². The first kappa shape index (κ1) is 22.4. The maximum Gasteiger partial charge on any atom is 0.573 e. The molecule has 3 rings (SSSR count). The van der Waals surface area contributed by atoms with Crippen LogP contribution in [0.3, 0.4) is 0 Å². The van der Waals surface area contributed by atoms with Gasteiger partial charge in [-0.15, -0.1) is 13.2 Å². The van der Waals surface area contributed by atoms with Gasteiger partial charge < -0.3 is 14.5 Å². The van der Waals surface area contributed by atoms with E-state index in [-0.39, 0.29) is 17.6 Å². The topological polar surface area (TPSA) is 53.1 Å². The molecule has 0 radical (unpaired) electrons. The highest BCUT2D eigenvalue weighted by molar-refractivity contribution is 5.94. The van der Waals surface area contributed by atoms with Crippen molar-refractivity contribution in [1.29, 1.82) is 0 Å². The van der Waals surface area contributed by atoms with Crippen LogP contribution in [0.1, 0.15) is 30.6 Å². The van der Waals surface area contributed by atoms with E-state index in [1.165, 1.54) is 12.1 Å². The summed E-state index contributed by atoms with van der Waals surface area (Å²) in [6.07, 6.45) is -3.61. The number of amides is 2. The number of carbonyl (C=O) groups is 2. The second kappa shape index (κ2) is 9.24. The lowest BCUT2D eigenvalue weighted by atomic mass is 9.92. The van der Waals surface area contributed by atoms with Gasteiger partial charge in [-0.05, 0) is 42.5 Å². The number of nitrogens with zero attached hydrogens (tertiary/aromatic N) is 3. The van der Waals surface area contributed by atoms with Crippen LogP contribution in [0.2, 0.25) is 0 Å². The maximum atomic E-state index is 12.6. The third-order valence-corrected chi connectivity index (χ3v) is 5.57. The molecule has 9 heteroatoms. The monoisotopic (exact) mass is 427 g/mol. The Morgan fingerprint density at radius 3 is 2.07 bits per heavy atom. The highest BCUT2D eigenvalue weighted by Gasteiger charge is 2.31. The number of ether oxygens (including phenoxy) is 1. The summed E-state index contributed by atoms with van der Waals surface area (Å²) in [5.41, 5.74) is 0.311. The van der Waals surface area contributed by atoms with Crippen LogP contribution in [0.4, 0.5) is 13.2 Å². The lowest BCUT2D eigenvalue weighted by Gasteiger charge is -2.38. The van der Waals surface area contributed by atoms with Gasteiger partial charge >= 0.3 is 6.36 Å². The van der Waals surface area contributed by atoms with Crippen LogP contribution in [0.15, 0.2) is 24.3 Å². The molecule has 0 saturated carbocycles. The van der Waals surface area contributed by atoms with Gasteiger partial charge in [0.2, 0.25) is 5.91 Å². The fourth-order valence-electron chi connectivity index (χ4n) is 4.25. The van der Waals surface area contributed by atoms with Crippen LogP contribution >= 0.6 is 0 Å². The minimum atomic E-state index is -4.76. The number of carbonyl (C=O) groups excluding carboxylic acids is 2. The summed E-state index contributed by atoms with van der Waals surface area (Å²) in [6.45, 7) is 8.41. The molecule has 0 N–H and O–H groups in total. The van der Waals surface area contributed by atoms with Crippen molar-refractivity contribution in [1.82, 2.24) is 14.7 Å². The summed E-state index contributed by atoms with van der Waals surface area (Å²) in [5, 5.41) is 0. The predicted octanol–water partition coefficient (Wildman–Crippen LogP) is 2.85. The first-order chi connectivity index (χ1) is 14.1. The molecular weight excluding hydrogens is 399 g/mol. The molecule has 2 unspecified atom stereocenters. The molecule has 0 aliphatic carbocycles. The minimum Gasteiger partial charge on any atom is -0.406 e. The molecule has 2 atom stereocenters. The number of alkyl halides is 3. The van der Waals surface area contributed by atoms with Gasteiger partial charge in [0.25, 0.3) is 5.91 Å². The molecule has 6 nitrogen and oxygen atoms in total. The van der Waals surface area contributed by atoms with E-state index in [2.05, 4.69) is 23.5 Å². The maximum absolute atomic E-state index is 12.6. The lowest BCUT2D eigenvalue weighted by Crippen LogP contribution is -2.53. The molecule has 0 aromatic heterocycles. The Labute approximate surface area is 174 Å². The molecule has 1 aromatic carbocycles. The summed E-state index contributed by atoms with van der Waals surface area (Å²) >= 11 is 0. The van der Waals surface area contributed by atoms with Gasteiger partial charge in [0, 0.05) is 44.8 Å². The molecule has 2 heterocycles. The highest BCUT2D eigenvalue weighted by Crippen LogP contribution is 2.24. The number of halogens is 3. The van der Waals surface area contributed by atoms with Crippen molar-refractivity contribution in [2.24, 2.45) is 11.8 Å². The molecule has 2 amide bonds. The first-order valence-corrected chi connectivity index (χ1v) is 10.3. The molecule has 2 aliphatic heterocycles. The van der Waals surface area contributed by atoms with Crippen molar-refractivity contribution in [3.8, 4) is 5.75 Å². The number of piperazine rings is 1. The summed E-state index contributed by atoms with van der Waals surface area (Å²) in [4.78, 5) is 30.9. The Hall–Kier alpha value is -2.29. The molecule has 2 aliphatic rings. The lowest BCUT2D eigenvalue weighted by molar-refractivity contribution is -0.274. The summed E-state index contributed by atoms with van der Waals surface area (Å²) in [6, 6.07) is 4.93. The van der Waals surface area contributed by atoms with Crippen molar-refractivity contribution in [2.75, 3.05) is 45.8 Å². The smallest absolute Gasteiger partial charge is 0.406 e. The van der Waals surface area contributed by atoms with Gasteiger partial charge in [-0.3, -0.25) is 14.5 Å². The standard InChI is InChI=1S/C21H28F3N3O3/c1-15-11-16(2)13-27(12-15)19(28)14-25-7-9-26(10-8-25)20(29)17-3-5-18(6-4-17)30-21(22,23)24/h3-6,15-16H,7-14H2,1-2H3. The Balaban J connectivity index is 1.48. The third-order valence-electron chi connectivity index (χ3n) is 5.57. The van der Waals surface area contributed by atoms with Crippen molar-refractivity contribution < 1.29 is 27.5 Å². The van der Waals surface area contributed by atoms with Gasteiger partial charge in [-0.25, -0.2) is 0 Å². The molecule has 0 spiro atoms. The van der Waals surface area contributed by atoms with E-state index < -0.39 is 6.36 Å². The predicted molar refractivity (Wildman–Crippen MR) is 105 cm³/mol. The second-order valence-corrected chi connectivity index (χ2v) is 8.39. The van der Waals surface area contributed by atoms with Crippen LogP contribution in [-0.4, -0.2) is 78.7 Å². The molecule has 2 saturated heterocycles. The van der Waals surface area contributed by atoms with Gasteiger partial charge in [0.15, 0.2) is 0 Å². The van der Waals surface area contributed by atoms with Gasteiger partial charge in [0.1, 0.15) is 5.75 Å². The van der Waals surface area contributed by atoms with Gasteiger partial charge in [0.05, 0.1) is 6.54 Å². The van der Waals surface area contributed by atoms with Crippen LogP contribution in [0.5, 0.6) is 5.75 Å². The second-order valence-electron chi connectivity index (χ2n) is 8.39. The zero-order valence-electron chi connectivity index (χ0n) is 17.3. The zero-order valence-corrected chi connectivity index (χ0v) is 17.3. The van der Waals surface area contributed by atoms with E-state index in [9.17, 15) is 22.8 Å². The summed E-state index contributed by atoms with van der Waals surface area (Å²) in [7, 11) is 0. The van der Waals surface area contributed by atoms with Crippen LogP contribution in [0.25, 0.3) is 0 Å². The van der Waals surface area contributed by atoms with Crippen LogP contribution in [0, 0.1) is 11.8 Å². The zero-order chi connectivity index (χ0) is 21.9.